The molecule has 0 atom stereocenters. The Morgan fingerprint density at radius 2 is 0.708 bits per heavy atom. The van der Waals surface area contributed by atoms with Crippen LogP contribution in [0.3, 0.4) is 0 Å². The summed E-state index contributed by atoms with van der Waals surface area (Å²) < 4.78 is 0. The molecule has 0 heterocycles. The fourth-order valence-electron chi connectivity index (χ4n) is 3.91. The zero-order valence-electron chi connectivity index (χ0n) is 14.0. The summed E-state index contributed by atoms with van der Waals surface area (Å²) in [6.07, 6.45) is 37.3. The third kappa shape index (κ3) is 3.76. The molecule has 4 aliphatic rings. The van der Waals surface area contributed by atoms with Crippen molar-refractivity contribution in [1.29, 1.82) is 0 Å². The van der Waals surface area contributed by atoms with Crippen LogP contribution < -0.4 is 0 Å². The van der Waals surface area contributed by atoms with E-state index >= 15 is 0 Å². The van der Waals surface area contributed by atoms with Crippen molar-refractivity contribution in [1.82, 2.24) is 0 Å². The summed E-state index contributed by atoms with van der Waals surface area (Å²) in [5.41, 5.74) is 4.70. The van der Waals surface area contributed by atoms with Gasteiger partial charge in [-0.25, -0.2) is 0 Å². The molecule has 0 radical (unpaired) electrons. The second kappa shape index (κ2) is 7.05. The predicted molar refractivity (Wildman–Crippen MR) is 103 cm³/mol. The molecule has 4 rings (SSSR count). The lowest BCUT2D eigenvalue weighted by Crippen LogP contribution is -2.05. The van der Waals surface area contributed by atoms with E-state index in [1.165, 1.54) is 0 Å². The minimum absolute atomic E-state index is 0.484. The van der Waals surface area contributed by atoms with E-state index in [1.807, 2.05) is 0 Å². The van der Waals surface area contributed by atoms with Gasteiger partial charge in [-0.3, -0.25) is 0 Å². The van der Waals surface area contributed by atoms with Crippen molar-refractivity contribution in [3.8, 4) is 0 Å². The van der Waals surface area contributed by atoms with Crippen LogP contribution >= 0.6 is 0 Å². The highest BCUT2D eigenvalue weighted by atomic mass is 14.2. The summed E-state index contributed by atoms with van der Waals surface area (Å²) in [6, 6.07) is 0. The van der Waals surface area contributed by atoms with Crippen molar-refractivity contribution in [2.75, 3.05) is 0 Å². The molecule has 0 nitrogen and oxygen atoms in total. The Morgan fingerprint density at radius 3 is 0.958 bits per heavy atom. The van der Waals surface area contributed by atoms with Crippen molar-refractivity contribution >= 4 is 0 Å². The topological polar surface area (TPSA) is 0 Å². The normalized spacial score (nSPS) is 23.2. The summed E-state index contributed by atoms with van der Waals surface area (Å²) in [4.78, 5) is 0. The van der Waals surface area contributed by atoms with Crippen LogP contribution in [0.1, 0.15) is 19.3 Å². The van der Waals surface area contributed by atoms with Gasteiger partial charge >= 0.3 is 0 Å². The van der Waals surface area contributed by atoms with Gasteiger partial charge in [-0.1, -0.05) is 108 Å². The lowest BCUT2D eigenvalue weighted by molar-refractivity contribution is 0.815. The summed E-state index contributed by atoms with van der Waals surface area (Å²) in [6.45, 7) is 0. The smallest absolute Gasteiger partial charge is 0.0136 e. The van der Waals surface area contributed by atoms with Crippen molar-refractivity contribution in [3.05, 3.63) is 108 Å². The molecule has 120 valence electrons. The average Bonchev–Trinajstić information content (AvgIpc) is 3.30. The van der Waals surface area contributed by atoms with Gasteiger partial charge in [0, 0.05) is 17.8 Å². The standard InChI is InChI=1S/C24H24/c1-2-8-19(7-1)13-22-16-23(14-20-9-3-4-10-20)18-24(17-22)15-21-11-5-6-12-21/h1-15,19-21H,16-18H2. The Bertz CT molecular complexity index is 603. The monoisotopic (exact) mass is 312 g/mol. The van der Waals surface area contributed by atoms with Crippen LogP contribution in [0.25, 0.3) is 0 Å². The Kier molecular flexibility index (Phi) is 4.46. The zero-order valence-corrected chi connectivity index (χ0v) is 14.0. The second-order valence-corrected chi connectivity index (χ2v) is 7.05. The second-order valence-electron chi connectivity index (χ2n) is 7.05. The first kappa shape index (κ1) is 15.2. The van der Waals surface area contributed by atoms with Gasteiger partial charge in [-0.2, -0.15) is 0 Å². The lowest BCUT2D eigenvalue weighted by atomic mass is 9.82. The van der Waals surface area contributed by atoms with Gasteiger partial charge in [0.15, 0.2) is 0 Å². The van der Waals surface area contributed by atoms with Crippen LogP contribution in [0, 0.1) is 17.8 Å². The quantitative estimate of drug-likeness (QED) is 0.546. The summed E-state index contributed by atoms with van der Waals surface area (Å²) in [7, 11) is 0. The van der Waals surface area contributed by atoms with Crippen LogP contribution in [0.2, 0.25) is 0 Å². The maximum absolute atomic E-state index is 2.46. The molecule has 0 spiro atoms. The summed E-state index contributed by atoms with van der Waals surface area (Å²) in [5.74, 6) is 1.45. The molecular formula is C24H24. The number of rotatable bonds is 3. The SMILES string of the molecule is C1=CC(C=C2CC(=CC3C=CC=C3)CC(=CC3C=CC=C3)C2)C=C1. The van der Waals surface area contributed by atoms with Crippen LogP contribution in [0.5, 0.6) is 0 Å². The minimum atomic E-state index is 0.484. The predicted octanol–water partition coefficient (Wildman–Crippen LogP) is 6.18. The van der Waals surface area contributed by atoms with Crippen molar-refractivity contribution in [3.63, 3.8) is 0 Å². The van der Waals surface area contributed by atoms with E-state index < -0.39 is 0 Å². The van der Waals surface area contributed by atoms with Gasteiger partial charge in [-0.15, -0.1) is 0 Å². The highest BCUT2D eigenvalue weighted by Crippen LogP contribution is 2.36. The van der Waals surface area contributed by atoms with Gasteiger partial charge in [0.05, 0.1) is 0 Å². The van der Waals surface area contributed by atoms with E-state index in [0.29, 0.717) is 17.8 Å². The van der Waals surface area contributed by atoms with Crippen molar-refractivity contribution in [2.45, 2.75) is 19.3 Å². The van der Waals surface area contributed by atoms with E-state index in [-0.39, 0.29) is 0 Å². The average molecular weight is 312 g/mol. The van der Waals surface area contributed by atoms with Gasteiger partial charge in [0.25, 0.3) is 0 Å². The molecule has 0 N–H and O–H groups in total. The molecule has 0 amide bonds. The maximum atomic E-state index is 2.46. The highest BCUT2D eigenvalue weighted by molar-refractivity contribution is 5.38. The van der Waals surface area contributed by atoms with Crippen LogP contribution in [-0.2, 0) is 0 Å². The fraction of sp³-hybridized carbons (Fsp3) is 0.250. The Balaban J connectivity index is 1.58. The Morgan fingerprint density at radius 1 is 0.458 bits per heavy atom. The molecule has 0 aliphatic heterocycles. The molecule has 4 aliphatic carbocycles. The molecular weight excluding hydrogens is 288 g/mol. The van der Waals surface area contributed by atoms with E-state index in [1.54, 1.807) is 16.7 Å². The fourth-order valence-corrected chi connectivity index (χ4v) is 3.91. The van der Waals surface area contributed by atoms with Gasteiger partial charge in [-0.05, 0) is 19.3 Å². The molecule has 0 unspecified atom stereocenters. The molecule has 0 heteroatoms. The molecule has 1 fully saturated rings. The van der Waals surface area contributed by atoms with Gasteiger partial charge in [0.1, 0.15) is 0 Å². The maximum Gasteiger partial charge on any atom is 0.0136 e. The van der Waals surface area contributed by atoms with E-state index in [9.17, 15) is 0 Å². The molecule has 0 aromatic heterocycles. The first-order valence-electron chi connectivity index (χ1n) is 8.99. The first-order valence-corrected chi connectivity index (χ1v) is 8.99. The molecule has 0 saturated heterocycles. The molecule has 1 saturated carbocycles. The highest BCUT2D eigenvalue weighted by Gasteiger charge is 2.18. The molecule has 24 heavy (non-hydrogen) atoms. The van der Waals surface area contributed by atoms with Gasteiger partial charge < -0.3 is 0 Å². The number of hydrogen-bond acceptors (Lipinski definition) is 0. The minimum Gasteiger partial charge on any atom is -0.0740 e. The van der Waals surface area contributed by atoms with Crippen LogP contribution in [-0.4, -0.2) is 0 Å². The van der Waals surface area contributed by atoms with Crippen LogP contribution in [0.4, 0.5) is 0 Å². The molecule has 0 aromatic carbocycles. The Labute approximate surface area is 145 Å². The lowest BCUT2D eigenvalue weighted by Gasteiger charge is -2.23. The Hall–Kier alpha value is -2.34. The number of allylic oxidation sites excluding steroid dienone is 18. The molecule has 0 aromatic rings. The van der Waals surface area contributed by atoms with Gasteiger partial charge in [0.2, 0.25) is 0 Å². The summed E-state index contributed by atoms with van der Waals surface area (Å²) in [5, 5.41) is 0. The summed E-state index contributed by atoms with van der Waals surface area (Å²) >= 11 is 0. The molecule has 0 bridgehead atoms. The van der Waals surface area contributed by atoms with E-state index in [0.717, 1.165) is 19.3 Å². The van der Waals surface area contributed by atoms with Crippen LogP contribution in [0.15, 0.2) is 108 Å². The third-order valence-corrected chi connectivity index (χ3v) is 4.98. The largest absolute Gasteiger partial charge is 0.0740 e. The van der Waals surface area contributed by atoms with E-state index in [2.05, 4.69) is 91.1 Å². The first-order chi connectivity index (χ1) is 11.8. The van der Waals surface area contributed by atoms with E-state index in [4.69, 9.17) is 0 Å². The zero-order chi connectivity index (χ0) is 16.2. The number of hydrogen-bond donors (Lipinski definition) is 0. The van der Waals surface area contributed by atoms with Crippen molar-refractivity contribution < 1.29 is 0 Å². The van der Waals surface area contributed by atoms with Crippen molar-refractivity contribution in [2.24, 2.45) is 17.8 Å². The third-order valence-electron chi connectivity index (χ3n) is 4.98.